The Bertz CT molecular complexity index is 1130. The van der Waals surface area contributed by atoms with E-state index in [0.29, 0.717) is 5.56 Å². The number of thiophene rings is 1. The summed E-state index contributed by atoms with van der Waals surface area (Å²) >= 11 is 1.51. The van der Waals surface area contributed by atoms with Crippen LogP contribution in [0, 0.1) is 6.92 Å². The summed E-state index contributed by atoms with van der Waals surface area (Å²) in [4.78, 5) is 29.3. The molecule has 1 aliphatic heterocycles. The monoisotopic (exact) mass is 473 g/mol. The summed E-state index contributed by atoms with van der Waals surface area (Å²) in [5.74, 6) is -0.627. The smallest absolute Gasteiger partial charge is 0.268 e. The molecule has 0 bridgehead atoms. The van der Waals surface area contributed by atoms with E-state index in [4.69, 9.17) is 0 Å². The zero-order valence-corrected chi connectivity index (χ0v) is 20.5. The van der Waals surface area contributed by atoms with E-state index in [9.17, 15) is 9.59 Å². The molecule has 2 amide bonds. The highest BCUT2D eigenvalue weighted by Gasteiger charge is 2.18. The van der Waals surface area contributed by atoms with Gasteiger partial charge in [-0.25, -0.2) is 0 Å². The van der Waals surface area contributed by atoms with Gasteiger partial charge in [-0.05, 0) is 80.5 Å². The number of nitrogens with zero attached hydrogens (tertiary/aromatic N) is 1. The van der Waals surface area contributed by atoms with Crippen molar-refractivity contribution in [2.24, 2.45) is 0 Å². The van der Waals surface area contributed by atoms with Crippen LogP contribution in [0.15, 0.2) is 71.7 Å². The van der Waals surface area contributed by atoms with E-state index >= 15 is 0 Å². The lowest BCUT2D eigenvalue weighted by atomic mass is 10.1. The van der Waals surface area contributed by atoms with E-state index in [0.717, 1.165) is 29.1 Å². The first-order valence-corrected chi connectivity index (χ1v) is 12.7. The van der Waals surface area contributed by atoms with Crippen molar-refractivity contribution in [2.45, 2.75) is 39.2 Å². The van der Waals surface area contributed by atoms with Crippen LogP contribution in [0.4, 0.5) is 5.69 Å². The summed E-state index contributed by atoms with van der Waals surface area (Å²) in [6, 6.07) is 19.3. The van der Waals surface area contributed by atoms with Crippen LogP contribution in [0.5, 0.6) is 0 Å². The van der Waals surface area contributed by atoms with Crippen molar-refractivity contribution in [3.63, 3.8) is 0 Å². The molecular formula is C28H31N3O2S. The average molecular weight is 474 g/mol. The minimum atomic E-state index is -0.318. The molecule has 0 aliphatic carbocycles. The van der Waals surface area contributed by atoms with E-state index in [1.807, 2.05) is 43.5 Å². The van der Waals surface area contributed by atoms with Gasteiger partial charge in [-0.1, -0.05) is 35.9 Å². The van der Waals surface area contributed by atoms with Gasteiger partial charge in [0, 0.05) is 29.2 Å². The van der Waals surface area contributed by atoms with Crippen molar-refractivity contribution in [2.75, 3.05) is 18.0 Å². The fourth-order valence-electron chi connectivity index (χ4n) is 4.06. The SMILES string of the molecule is Cc1ccc(C(=O)N/C(=C\c2cccs2)C(=O)N[C@@H](C)c2ccc(N3CCCCC3)cc2)cc1. The Morgan fingerprint density at radius 3 is 2.32 bits per heavy atom. The Balaban J connectivity index is 1.46. The molecule has 1 saturated heterocycles. The standard InChI is InChI=1S/C28H31N3O2S/c1-20-8-10-23(11-9-20)27(32)30-26(19-25-7-6-18-34-25)28(33)29-21(2)22-12-14-24(15-13-22)31-16-4-3-5-17-31/h6-15,18-19,21H,3-5,16-17H2,1-2H3,(H,29,33)(H,30,32)/b26-19-/t21-/m0/s1. The minimum Gasteiger partial charge on any atom is -0.372 e. The van der Waals surface area contributed by atoms with Gasteiger partial charge in [0.15, 0.2) is 0 Å². The second-order valence-corrected chi connectivity index (χ2v) is 9.71. The molecule has 0 spiro atoms. The Labute approximate surface area is 205 Å². The van der Waals surface area contributed by atoms with Crippen molar-refractivity contribution in [3.05, 3.63) is 93.3 Å². The molecule has 6 heteroatoms. The third kappa shape index (κ3) is 6.14. The molecule has 3 aromatic rings. The number of hydrogen-bond donors (Lipinski definition) is 2. The molecule has 2 N–H and O–H groups in total. The molecule has 0 saturated carbocycles. The third-order valence-corrected chi connectivity index (χ3v) is 6.92. The van der Waals surface area contributed by atoms with Gasteiger partial charge in [0.1, 0.15) is 5.70 Å². The van der Waals surface area contributed by atoms with Crippen LogP contribution in [0.2, 0.25) is 0 Å². The molecule has 176 valence electrons. The number of carbonyl (C=O) groups is 2. The zero-order chi connectivity index (χ0) is 23.9. The number of anilines is 1. The first-order chi connectivity index (χ1) is 16.5. The van der Waals surface area contributed by atoms with Gasteiger partial charge < -0.3 is 15.5 Å². The fraction of sp³-hybridized carbons (Fsp3) is 0.286. The summed E-state index contributed by atoms with van der Waals surface area (Å²) in [6.07, 6.45) is 5.50. The Hall–Kier alpha value is -3.38. The van der Waals surface area contributed by atoms with Crippen molar-refractivity contribution in [1.82, 2.24) is 10.6 Å². The lowest BCUT2D eigenvalue weighted by Gasteiger charge is -2.29. The second kappa shape index (κ2) is 11.2. The van der Waals surface area contributed by atoms with Crippen LogP contribution in [-0.2, 0) is 4.79 Å². The summed E-state index contributed by atoms with van der Waals surface area (Å²) in [5.41, 5.74) is 4.06. The first-order valence-electron chi connectivity index (χ1n) is 11.8. The predicted molar refractivity (Wildman–Crippen MR) is 140 cm³/mol. The molecule has 1 fully saturated rings. The van der Waals surface area contributed by atoms with Gasteiger partial charge in [0.2, 0.25) is 0 Å². The predicted octanol–water partition coefficient (Wildman–Crippen LogP) is 5.70. The number of nitrogens with one attached hydrogen (secondary N) is 2. The lowest BCUT2D eigenvalue weighted by molar-refractivity contribution is -0.118. The van der Waals surface area contributed by atoms with Crippen molar-refractivity contribution >= 4 is 34.9 Å². The Kier molecular flexibility index (Phi) is 7.80. The molecule has 0 radical (unpaired) electrons. The van der Waals surface area contributed by atoms with Crippen LogP contribution in [-0.4, -0.2) is 24.9 Å². The van der Waals surface area contributed by atoms with E-state index in [2.05, 4.69) is 39.8 Å². The minimum absolute atomic E-state index is 0.203. The lowest BCUT2D eigenvalue weighted by Crippen LogP contribution is -2.36. The highest BCUT2D eigenvalue weighted by atomic mass is 32.1. The van der Waals surface area contributed by atoms with Gasteiger partial charge in [-0.15, -0.1) is 11.3 Å². The topological polar surface area (TPSA) is 61.4 Å². The molecule has 4 rings (SSSR count). The van der Waals surface area contributed by atoms with Gasteiger partial charge in [-0.2, -0.15) is 0 Å². The fourth-order valence-corrected chi connectivity index (χ4v) is 4.71. The van der Waals surface area contributed by atoms with Crippen molar-refractivity contribution < 1.29 is 9.59 Å². The quantitative estimate of drug-likeness (QED) is 0.433. The number of piperidine rings is 1. The molecular weight excluding hydrogens is 442 g/mol. The number of aryl methyl sites for hydroxylation is 1. The van der Waals surface area contributed by atoms with Crippen molar-refractivity contribution in [3.8, 4) is 0 Å². The maximum absolute atomic E-state index is 13.2. The number of carbonyl (C=O) groups excluding carboxylic acids is 2. The highest BCUT2D eigenvalue weighted by molar-refractivity contribution is 7.10. The van der Waals surface area contributed by atoms with Crippen LogP contribution < -0.4 is 15.5 Å². The number of rotatable bonds is 7. The Morgan fingerprint density at radius 1 is 0.971 bits per heavy atom. The van der Waals surface area contributed by atoms with Crippen LogP contribution >= 0.6 is 11.3 Å². The summed E-state index contributed by atoms with van der Waals surface area (Å²) in [6.45, 7) is 6.13. The van der Waals surface area contributed by atoms with Gasteiger partial charge in [0.25, 0.3) is 11.8 Å². The van der Waals surface area contributed by atoms with Crippen LogP contribution in [0.3, 0.4) is 0 Å². The third-order valence-electron chi connectivity index (χ3n) is 6.10. The molecule has 0 unspecified atom stereocenters. The summed E-state index contributed by atoms with van der Waals surface area (Å²) in [7, 11) is 0. The summed E-state index contributed by atoms with van der Waals surface area (Å²) in [5, 5.41) is 7.79. The number of amides is 2. The molecule has 1 aromatic heterocycles. The molecule has 5 nitrogen and oxygen atoms in total. The molecule has 2 aromatic carbocycles. The number of hydrogen-bond acceptors (Lipinski definition) is 4. The maximum atomic E-state index is 13.2. The maximum Gasteiger partial charge on any atom is 0.268 e. The second-order valence-electron chi connectivity index (χ2n) is 8.73. The largest absolute Gasteiger partial charge is 0.372 e. The van der Waals surface area contributed by atoms with Crippen molar-refractivity contribution in [1.29, 1.82) is 0 Å². The highest BCUT2D eigenvalue weighted by Crippen LogP contribution is 2.23. The van der Waals surface area contributed by atoms with E-state index in [1.54, 1.807) is 18.2 Å². The molecule has 2 heterocycles. The molecule has 1 aliphatic rings. The normalized spacial score (nSPS) is 15.0. The van der Waals surface area contributed by atoms with E-state index in [-0.39, 0.29) is 23.6 Å². The van der Waals surface area contributed by atoms with Gasteiger partial charge in [-0.3, -0.25) is 9.59 Å². The zero-order valence-electron chi connectivity index (χ0n) is 19.7. The Morgan fingerprint density at radius 2 is 1.68 bits per heavy atom. The van der Waals surface area contributed by atoms with Gasteiger partial charge >= 0.3 is 0 Å². The summed E-state index contributed by atoms with van der Waals surface area (Å²) < 4.78 is 0. The van der Waals surface area contributed by atoms with Crippen LogP contribution in [0.1, 0.15) is 58.6 Å². The molecule has 34 heavy (non-hydrogen) atoms. The molecule has 1 atom stereocenters. The van der Waals surface area contributed by atoms with Crippen LogP contribution in [0.25, 0.3) is 6.08 Å². The van der Waals surface area contributed by atoms with E-state index < -0.39 is 0 Å². The first kappa shape index (κ1) is 23.8. The van der Waals surface area contributed by atoms with Gasteiger partial charge in [0.05, 0.1) is 6.04 Å². The van der Waals surface area contributed by atoms with E-state index in [1.165, 1.54) is 36.3 Å². The number of benzene rings is 2. The average Bonchev–Trinajstić information content (AvgIpc) is 3.38.